The molecule has 4 nitrogen and oxygen atoms in total. The summed E-state index contributed by atoms with van der Waals surface area (Å²) in [6.45, 7) is 0.689. The van der Waals surface area contributed by atoms with Gasteiger partial charge < -0.3 is 10.0 Å². The monoisotopic (exact) mass is 322 g/mol. The topological polar surface area (TPSA) is 52.6 Å². The van der Waals surface area contributed by atoms with E-state index in [-0.39, 0.29) is 19.1 Å². The smallest absolute Gasteiger partial charge is 0.394 e. The first kappa shape index (κ1) is 17.5. The van der Waals surface area contributed by atoms with E-state index in [1.54, 1.807) is 0 Å². The van der Waals surface area contributed by atoms with E-state index < -0.39 is 30.2 Å². The van der Waals surface area contributed by atoms with Crippen molar-refractivity contribution in [1.82, 2.24) is 10.2 Å². The molecule has 0 unspecified atom stereocenters. The maximum atomic E-state index is 12.4. The number of carbonyl (C=O) groups is 1. The lowest BCUT2D eigenvalue weighted by Crippen LogP contribution is -2.58. The van der Waals surface area contributed by atoms with Crippen LogP contribution in [0.5, 0.6) is 0 Å². The van der Waals surface area contributed by atoms with Gasteiger partial charge in [-0.1, -0.05) is 19.3 Å². The minimum Gasteiger partial charge on any atom is -0.394 e. The Kier molecular flexibility index (Phi) is 5.37. The molecule has 1 heterocycles. The van der Waals surface area contributed by atoms with Crippen LogP contribution >= 0.6 is 0 Å². The van der Waals surface area contributed by atoms with Crippen molar-refractivity contribution >= 4 is 5.91 Å². The van der Waals surface area contributed by atoms with E-state index in [1.165, 1.54) is 6.42 Å². The van der Waals surface area contributed by atoms with Crippen LogP contribution in [-0.4, -0.2) is 53.4 Å². The van der Waals surface area contributed by atoms with Crippen LogP contribution in [0.1, 0.15) is 45.4 Å². The van der Waals surface area contributed by atoms with Crippen LogP contribution in [0.3, 0.4) is 0 Å². The Hall–Kier alpha value is -0.820. The summed E-state index contributed by atoms with van der Waals surface area (Å²) >= 11 is 0. The van der Waals surface area contributed by atoms with Crippen molar-refractivity contribution in [2.75, 3.05) is 19.7 Å². The molecule has 0 radical (unpaired) electrons. The molecule has 2 fully saturated rings. The molecule has 2 aliphatic rings. The fourth-order valence-electron chi connectivity index (χ4n) is 3.68. The van der Waals surface area contributed by atoms with Gasteiger partial charge >= 0.3 is 6.18 Å². The molecule has 2 rings (SSSR count). The number of rotatable bonds is 5. The van der Waals surface area contributed by atoms with E-state index >= 15 is 0 Å². The highest BCUT2D eigenvalue weighted by atomic mass is 19.4. The largest absolute Gasteiger partial charge is 0.406 e. The third-order valence-corrected chi connectivity index (χ3v) is 5.01. The summed E-state index contributed by atoms with van der Waals surface area (Å²) in [5.74, 6) is -0.247. The molecule has 7 heteroatoms. The third-order valence-electron chi connectivity index (χ3n) is 5.01. The van der Waals surface area contributed by atoms with Crippen molar-refractivity contribution in [3.8, 4) is 0 Å². The second-order valence-corrected chi connectivity index (χ2v) is 6.77. The zero-order valence-corrected chi connectivity index (χ0v) is 13.0. The van der Waals surface area contributed by atoms with Gasteiger partial charge in [0.05, 0.1) is 12.6 Å². The lowest BCUT2D eigenvalue weighted by atomic mass is 9.75. The highest BCUT2D eigenvalue weighted by Gasteiger charge is 2.43. The summed E-state index contributed by atoms with van der Waals surface area (Å²) in [6, 6.07) is -0.624. The van der Waals surface area contributed by atoms with E-state index in [9.17, 15) is 23.1 Å². The molecule has 0 aromatic carbocycles. The summed E-state index contributed by atoms with van der Waals surface area (Å²) in [5.41, 5.74) is -0.602. The van der Waals surface area contributed by atoms with Crippen molar-refractivity contribution < 1.29 is 23.1 Å². The second kappa shape index (κ2) is 6.74. The van der Waals surface area contributed by atoms with Gasteiger partial charge in [-0.05, 0) is 32.1 Å². The molecule has 0 aromatic rings. The summed E-state index contributed by atoms with van der Waals surface area (Å²) in [6.07, 6.45) is 1.33. The molecule has 22 heavy (non-hydrogen) atoms. The van der Waals surface area contributed by atoms with Crippen molar-refractivity contribution in [2.45, 2.75) is 63.2 Å². The van der Waals surface area contributed by atoms with Crippen LogP contribution in [-0.2, 0) is 4.79 Å². The number of aliphatic hydroxyl groups excluding tert-OH is 1. The second-order valence-electron chi connectivity index (χ2n) is 6.77. The van der Waals surface area contributed by atoms with Gasteiger partial charge in [0.15, 0.2) is 0 Å². The predicted octanol–water partition coefficient (Wildman–Crippen LogP) is 2.07. The number of aliphatic hydroxyl groups is 1. The number of nitrogens with one attached hydrogen (secondary N) is 1. The summed E-state index contributed by atoms with van der Waals surface area (Å²) in [5, 5.41) is 12.9. The number of halogens is 3. The Morgan fingerprint density at radius 1 is 1.23 bits per heavy atom. The maximum absolute atomic E-state index is 12.4. The van der Waals surface area contributed by atoms with Gasteiger partial charge in [-0.25, -0.2) is 0 Å². The first-order chi connectivity index (χ1) is 10.2. The molecule has 1 saturated carbocycles. The number of amides is 1. The third kappa shape index (κ3) is 4.13. The molecule has 0 spiro atoms. The number of likely N-dealkylation sites (tertiary alicyclic amines) is 1. The normalized spacial score (nSPS) is 27.2. The molecule has 2 N–H and O–H groups in total. The van der Waals surface area contributed by atoms with Crippen LogP contribution in [0.15, 0.2) is 0 Å². The lowest BCUT2D eigenvalue weighted by molar-refractivity contribution is -0.158. The quantitative estimate of drug-likeness (QED) is 0.815. The number of hydrogen-bond acceptors (Lipinski definition) is 3. The predicted molar refractivity (Wildman–Crippen MR) is 76.2 cm³/mol. The molecule has 2 atom stereocenters. The molecular weight excluding hydrogens is 297 g/mol. The minimum absolute atomic E-state index is 0.110. The molecule has 0 bridgehead atoms. The van der Waals surface area contributed by atoms with Crippen LogP contribution in [0.2, 0.25) is 0 Å². The first-order valence-electron chi connectivity index (χ1n) is 7.99. The molecule has 1 amide bonds. The molecule has 0 aromatic heterocycles. The Labute approximate surface area is 129 Å². The Balaban J connectivity index is 1.98. The SMILES string of the molecule is C[C@](CO)(N[C@H]1CCN(CC(F)(F)F)C1=O)C1CCCCC1. The van der Waals surface area contributed by atoms with E-state index in [1.807, 2.05) is 6.92 Å². The molecule has 1 saturated heterocycles. The Morgan fingerprint density at radius 3 is 2.41 bits per heavy atom. The highest BCUT2D eigenvalue weighted by Crippen LogP contribution is 2.33. The van der Waals surface area contributed by atoms with Gasteiger partial charge in [0.2, 0.25) is 5.91 Å². The average molecular weight is 322 g/mol. The highest BCUT2D eigenvalue weighted by molar-refractivity contribution is 5.84. The Morgan fingerprint density at radius 2 is 1.86 bits per heavy atom. The van der Waals surface area contributed by atoms with E-state index in [4.69, 9.17) is 0 Å². The fraction of sp³-hybridized carbons (Fsp3) is 0.933. The van der Waals surface area contributed by atoms with Crippen molar-refractivity contribution in [3.05, 3.63) is 0 Å². The number of hydrogen-bond donors (Lipinski definition) is 2. The average Bonchev–Trinajstić information content (AvgIpc) is 2.79. The van der Waals surface area contributed by atoms with Crippen molar-refractivity contribution in [1.29, 1.82) is 0 Å². The summed E-state index contributed by atoms with van der Waals surface area (Å²) in [7, 11) is 0. The Bertz CT molecular complexity index is 397. The number of carbonyl (C=O) groups excluding carboxylic acids is 1. The van der Waals surface area contributed by atoms with E-state index in [0.717, 1.165) is 30.6 Å². The van der Waals surface area contributed by atoms with E-state index in [2.05, 4.69) is 5.32 Å². The van der Waals surface area contributed by atoms with Gasteiger partial charge in [-0.15, -0.1) is 0 Å². The van der Waals surface area contributed by atoms with Gasteiger partial charge in [-0.2, -0.15) is 13.2 Å². The molecule has 1 aliphatic heterocycles. The van der Waals surface area contributed by atoms with Crippen LogP contribution < -0.4 is 5.32 Å². The zero-order chi connectivity index (χ0) is 16.4. The number of nitrogens with zero attached hydrogens (tertiary/aromatic N) is 1. The standard InChI is InChI=1S/C15H25F3N2O2/c1-14(10-21,11-5-3-2-4-6-11)19-12-7-8-20(13(12)22)9-15(16,17)18/h11-12,19,21H,2-10H2,1H3/t12-,14+/m0/s1. The molecule has 128 valence electrons. The van der Waals surface area contributed by atoms with Gasteiger partial charge in [0.25, 0.3) is 0 Å². The van der Waals surface area contributed by atoms with Gasteiger partial charge in [-0.3, -0.25) is 10.1 Å². The number of alkyl halides is 3. The minimum atomic E-state index is -4.37. The van der Waals surface area contributed by atoms with Gasteiger partial charge in [0.1, 0.15) is 6.54 Å². The first-order valence-corrected chi connectivity index (χ1v) is 7.99. The van der Waals surface area contributed by atoms with Crippen molar-refractivity contribution in [3.63, 3.8) is 0 Å². The van der Waals surface area contributed by atoms with Crippen LogP contribution in [0, 0.1) is 5.92 Å². The molecule has 1 aliphatic carbocycles. The molecular formula is C15H25F3N2O2. The van der Waals surface area contributed by atoms with Crippen LogP contribution in [0.4, 0.5) is 13.2 Å². The summed E-state index contributed by atoms with van der Waals surface area (Å²) in [4.78, 5) is 13.0. The fourth-order valence-corrected chi connectivity index (χ4v) is 3.68. The van der Waals surface area contributed by atoms with E-state index in [0.29, 0.717) is 6.42 Å². The van der Waals surface area contributed by atoms with Crippen LogP contribution in [0.25, 0.3) is 0 Å². The maximum Gasteiger partial charge on any atom is 0.406 e. The summed E-state index contributed by atoms with van der Waals surface area (Å²) < 4.78 is 37.3. The zero-order valence-electron chi connectivity index (χ0n) is 13.0. The van der Waals surface area contributed by atoms with Gasteiger partial charge in [0, 0.05) is 12.1 Å². The lowest BCUT2D eigenvalue weighted by Gasteiger charge is -2.41. The van der Waals surface area contributed by atoms with Crippen molar-refractivity contribution in [2.24, 2.45) is 5.92 Å².